The minimum atomic E-state index is 0. The summed E-state index contributed by atoms with van der Waals surface area (Å²) < 4.78 is 0. The molecule has 0 fully saturated rings. The van der Waals surface area contributed by atoms with E-state index in [1.54, 1.807) is 0 Å². The Bertz CT molecular complexity index is 8.00. The van der Waals surface area contributed by atoms with Gasteiger partial charge >= 0.3 is 23.1 Å². The summed E-state index contributed by atoms with van der Waals surface area (Å²) in [6.07, 6.45) is 0. The summed E-state index contributed by atoms with van der Waals surface area (Å²) in [6.45, 7) is 0. The van der Waals surface area contributed by atoms with Crippen LogP contribution < -0.4 is 0 Å². The fourth-order valence-electron chi connectivity index (χ4n) is 0. The van der Waals surface area contributed by atoms with Crippen LogP contribution in [0.4, 0.5) is 0 Å². The summed E-state index contributed by atoms with van der Waals surface area (Å²) in [5, 5.41) is 0. The van der Waals surface area contributed by atoms with Crippen LogP contribution in [0.15, 0.2) is 0 Å². The first-order chi connectivity index (χ1) is 0. The second-order valence-corrected chi connectivity index (χ2v) is 0. The predicted molar refractivity (Wildman–Crippen MR) is 18.5 cm³/mol. The molecule has 0 heterocycles. The van der Waals surface area contributed by atoms with Crippen molar-refractivity contribution in [1.82, 2.24) is 0 Å². The second-order valence-electron chi connectivity index (χ2n) is 0. The van der Waals surface area contributed by atoms with E-state index in [1.165, 1.54) is 0 Å². The summed E-state index contributed by atoms with van der Waals surface area (Å²) in [6, 6.07) is 0. The predicted octanol–water partition coefficient (Wildman–Crippen LogP) is -2.11. The third-order valence-corrected chi connectivity index (χ3v) is 0. The van der Waals surface area contributed by atoms with Gasteiger partial charge in [0.15, 0.2) is 17.4 Å². The van der Waals surface area contributed by atoms with Crippen LogP contribution >= 0.6 is 0 Å². The summed E-state index contributed by atoms with van der Waals surface area (Å²) >= 11 is 0. The standard InChI is InChI=1S/Al.Mg.Ta.Zn.5H. The van der Waals surface area contributed by atoms with E-state index in [2.05, 4.69) is 0 Å². The van der Waals surface area contributed by atoms with Gasteiger partial charge in [-0.15, -0.1) is 0 Å². The van der Waals surface area contributed by atoms with Gasteiger partial charge in [0.25, 0.3) is 0 Å². The average molecular weight is 303 g/mol. The normalized spacial score (nSPS) is 0. The Kier molecular flexibility index (Phi) is 131. The first-order valence-corrected chi connectivity index (χ1v) is 0. The first-order valence-electron chi connectivity index (χ1n) is 0. The zero-order valence-electron chi connectivity index (χ0n) is 1.15. The van der Waals surface area contributed by atoms with E-state index in [1.807, 2.05) is 0 Å². The molecule has 0 spiro atoms. The first kappa shape index (κ1) is 30.1. The molecule has 0 unspecified atom stereocenters. The van der Waals surface area contributed by atoms with Gasteiger partial charge in [0.2, 0.25) is 0 Å². The van der Waals surface area contributed by atoms with Gasteiger partial charge in [-0.25, -0.2) is 0 Å². The Morgan fingerprint density at radius 2 is 1.00 bits per heavy atom. The third kappa shape index (κ3) is 8.82. The van der Waals surface area contributed by atoms with Crippen molar-refractivity contribution in [3.8, 4) is 0 Å². The minimum Gasteiger partial charge on any atom is 0 e. The fraction of sp³-hybridized carbons (Fsp3) is 0. The van der Waals surface area contributed by atoms with Gasteiger partial charge in [-0.2, -0.15) is 0 Å². The average Bonchev–Trinajstić information content (AvgIpc) is 0. The van der Waals surface area contributed by atoms with E-state index >= 15 is 0 Å². The zero-order valence-corrected chi connectivity index (χ0v) is 7.33. The maximum absolute atomic E-state index is 0. The maximum atomic E-state index is 0. The third-order valence-electron chi connectivity index (χ3n) is 0. The Morgan fingerprint density at radius 1 is 1.00 bits per heavy atom. The molecule has 4 heteroatoms. The van der Waals surface area contributed by atoms with Gasteiger partial charge in [0.1, 0.15) is 0 Å². The van der Waals surface area contributed by atoms with Gasteiger partial charge < -0.3 is 0 Å². The van der Waals surface area contributed by atoms with E-state index in [-0.39, 0.29) is 82.3 Å². The van der Waals surface area contributed by atoms with Gasteiger partial charge in [-0.1, -0.05) is 0 Å². The molecule has 0 aromatic heterocycles. The van der Waals surface area contributed by atoms with Crippen LogP contribution in [-0.2, 0) is 41.9 Å². The Hall–Kier alpha value is 2.66. The molecule has 0 aliphatic carbocycles. The molecule has 17 valence electrons. The molecule has 0 aromatic rings. The van der Waals surface area contributed by atoms with Crippen LogP contribution in [0.2, 0.25) is 0 Å². The van der Waals surface area contributed by atoms with E-state index < -0.39 is 0 Å². The van der Waals surface area contributed by atoms with Crippen molar-refractivity contribution in [3.05, 3.63) is 0 Å². The van der Waals surface area contributed by atoms with E-state index in [0.717, 1.165) is 0 Å². The molecule has 0 rings (SSSR count). The Morgan fingerprint density at radius 3 is 1.00 bits per heavy atom. The van der Waals surface area contributed by atoms with Gasteiger partial charge in [-0.3, -0.25) is 0 Å². The van der Waals surface area contributed by atoms with Crippen molar-refractivity contribution in [3.63, 3.8) is 0 Å². The molecule has 0 bridgehead atoms. The molecular formula is H5AlMgTaZn. The molecule has 1 radical (unpaired) electrons. The molecular weight excluding hydrogens is 298 g/mol. The number of rotatable bonds is 0. The van der Waals surface area contributed by atoms with Crippen LogP contribution in [0.1, 0.15) is 0 Å². The molecule has 0 amide bonds. The zero-order chi connectivity index (χ0) is 0. The largest absolute Gasteiger partial charge is 0.316 e. The molecule has 0 aliphatic rings. The smallest absolute Gasteiger partial charge is 0 e. The van der Waals surface area contributed by atoms with Gasteiger partial charge in [-0.05, 0) is 0 Å². The fourth-order valence-corrected chi connectivity index (χ4v) is 0. The van der Waals surface area contributed by atoms with Crippen LogP contribution in [0.25, 0.3) is 0 Å². The quantitative estimate of drug-likeness (QED) is 0.450. The van der Waals surface area contributed by atoms with E-state index in [0.29, 0.717) is 0 Å². The molecule has 0 saturated carbocycles. The van der Waals surface area contributed by atoms with Crippen LogP contribution in [0.3, 0.4) is 0 Å². The van der Waals surface area contributed by atoms with Crippen molar-refractivity contribution >= 4 is 40.4 Å². The molecule has 0 N–H and O–H groups in total. The summed E-state index contributed by atoms with van der Waals surface area (Å²) in [5.74, 6) is 0. The van der Waals surface area contributed by atoms with Gasteiger partial charge in [0, 0.05) is 41.9 Å². The molecule has 0 nitrogen and oxygen atoms in total. The van der Waals surface area contributed by atoms with Crippen molar-refractivity contribution in [2.24, 2.45) is 0 Å². The minimum absolute atomic E-state index is 0. The van der Waals surface area contributed by atoms with E-state index in [4.69, 9.17) is 0 Å². The van der Waals surface area contributed by atoms with Crippen molar-refractivity contribution in [2.45, 2.75) is 0 Å². The molecule has 0 saturated heterocycles. The molecule has 0 aromatic carbocycles. The summed E-state index contributed by atoms with van der Waals surface area (Å²) in [7, 11) is 0. The molecule has 0 aliphatic heterocycles. The maximum Gasteiger partial charge on any atom is 0.316 e. The summed E-state index contributed by atoms with van der Waals surface area (Å²) in [4.78, 5) is 0. The summed E-state index contributed by atoms with van der Waals surface area (Å²) in [5.41, 5.74) is 0. The van der Waals surface area contributed by atoms with Crippen LogP contribution in [0.5, 0.6) is 0 Å². The topological polar surface area (TPSA) is 0 Å². The number of hydrogen-bond donors (Lipinski definition) is 0. The van der Waals surface area contributed by atoms with Crippen molar-refractivity contribution < 1.29 is 41.9 Å². The second kappa shape index (κ2) is 17.4. The van der Waals surface area contributed by atoms with E-state index in [9.17, 15) is 0 Å². The van der Waals surface area contributed by atoms with Crippen molar-refractivity contribution in [1.29, 1.82) is 0 Å². The monoisotopic (exact) mass is 301 g/mol. The Balaban J connectivity index is 0. The molecule has 0 atom stereocenters. The van der Waals surface area contributed by atoms with Crippen molar-refractivity contribution in [2.75, 3.05) is 0 Å². The SMILES string of the molecule is [AlH3].[MgH2].[Ta].[Zn]. The van der Waals surface area contributed by atoms with Crippen LogP contribution in [0, 0.1) is 0 Å². The Labute approximate surface area is 81.0 Å². The molecule has 4 heavy (non-hydrogen) atoms. The van der Waals surface area contributed by atoms with Gasteiger partial charge in [0.05, 0.1) is 0 Å². The number of hydrogen-bond acceptors (Lipinski definition) is 0. The van der Waals surface area contributed by atoms with Crippen LogP contribution in [-0.4, -0.2) is 40.4 Å².